The van der Waals surface area contributed by atoms with E-state index in [1.54, 1.807) is 0 Å². The second kappa shape index (κ2) is 6.82. The van der Waals surface area contributed by atoms with Gasteiger partial charge in [0.2, 0.25) is 0 Å². The second-order valence-electron chi connectivity index (χ2n) is 1.86. The molecule has 0 unspecified atom stereocenters. The number of hydrogen-bond acceptors (Lipinski definition) is 2. The lowest BCUT2D eigenvalue weighted by Crippen LogP contribution is -2.23. The maximum absolute atomic E-state index is 5.32. The minimum absolute atomic E-state index is 0.414. The summed E-state index contributed by atoms with van der Waals surface area (Å²) < 4.78 is 2.55. The maximum Gasteiger partial charge on any atom is 0.198 e. The van der Waals surface area contributed by atoms with Gasteiger partial charge in [0, 0.05) is 22.7 Å². The summed E-state index contributed by atoms with van der Waals surface area (Å²) in [6.45, 7) is 1.46. The SMILES string of the molecule is NCCCCN=C(N)NBr. The van der Waals surface area contributed by atoms with Gasteiger partial charge in [-0.25, -0.2) is 0 Å². The Morgan fingerprint density at radius 3 is 2.70 bits per heavy atom. The summed E-state index contributed by atoms with van der Waals surface area (Å²) in [7, 11) is 0. The largest absolute Gasteiger partial charge is 0.369 e. The number of nitrogens with zero attached hydrogens (tertiary/aromatic N) is 1. The quantitative estimate of drug-likeness (QED) is 0.263. The van der Waals surface area contributed by atoms with E-state index in [-0.39, 0.29) is 0 Å². The van der Waals surface area contributed by atoms with Crippen LogP contribution in [0.5, 0.6) is 0 Å². The topological polar surface area (TPSA) is 76.4 Å². The summed E-state index contributed by atoms with van der Waals surface area (Å²) in [6.07, 6.45) is 1.99. The van der Waals surface area contributed by atoms with Gasteiger partial charge in [0.15, 0.2) is 5.96 Å². The van der Waals surface area contributed by atoms with Crippen LogP contribution in [-0.4, -0.2) is 19.0 Å². The highest BCUT2D eigenvalue weighted by Crippen LogP contribution is 1.85. The van der Waals surface area contributed by atoms with Gasteiger partial charge < -0.3 is 11.5 Å². The highest BCUT2D eigenvalue weighted by molar-refractivity contribution is 9.08. The smallest absolute Gasteiger partial charge is 0.198 e. The third-order valence-corrected chi connectivity index (χ3v) is 1.40. The molecule has 0 aliphatic rings. The van der Waals surface area contributed by atoms with Crippen molar-refractivity contribution < 1.29 is 0 Å². The highest BCUT2D eigenvalue weighted by Gasteiger charge is 1.85. The molecule has 60 valence electrons. The van der Waals surface area contributed by atoms with Gasteiger partial charge in [0.05, 0.1) is 0 Å². The van der Waals surface area contributed by atoms with Crippen LogP contribution < -0.4 is 15.8 Å². The molecule has 0 fully saturated rings. The number of unbranched alkanes of at least 4 members (excludes halogenated alkanes) is 1. The minimum Gasteiger partial charge on any atom is -0.369 e. The first-order chi connectivity index (χ1) is 4.81. The van der Waals surface area contributed by atoms with Crippen molar-refractivity contribution in [3.05, 3.63) is 0 Å². The number of guanidine groups is 1. The molecule has 5 N–H and O–H groups in total. The third kappa shape index (κ3) is 5.84. The Bertz CT molecular complexity index is 104. The first kappa shape index (κ1) is 9.71. The first-order valence-corrected chi connectivity index (χ1v) is 3.97. The van der Waals surface area contributed by atoms with Crippen molar-refractivity contribution >= 4 is 22.1 Å². The summed E-state index contributed by atoms with van der Waals surface area (Å²) in [4.78, 5) is 3.96. The molecule has 0 aromatic rings. The fraction of sp³-hybridized carbons (Fsp3) is 0.800. The van der Waals surface area contributed by atoms with Gasteiger partial charge in [-0.05, 0) is 19.4 Å². The predicted molar refractivity (Wildman–Crippen MR) is 46.8 cm³/mol. The molecular weight excluding hydrogens is 196 g/mol. The van der Waals surface area contributed by atoms with Crippen molar-refractivity contribution in [2.75, 3.05) is 13.1 Å². The van der Waals surface area contributed by atoms with Crippen molar-refractivity contribution in [3.8, 4) is 0 Å². The van der Waals surface area contributed by atoms with Crippen LogP contribution in [0.3, 0.4) is 0 Å². The molecule has 0 heterocycles. The maximum atomic E-state index is 5.32. The van der Waals surface area contributed by atoms with Gasteiger partial charge in [-0.1, -0.05) is 0 Å². The molecule has 4 nitrogen and oxygen atoms in total. The molecule has 0 aromatic carbocycles. The van der Waals surface area contributed by atoms with Crippen LogP contribution in [0.2, 0.25) is 0 Å². The lowest BCUT2D eigenvalue weighted by Gasteiger charge is -1.95. The molecule has 0 bridgehead atoms. The average molecular weight is 209 g/mol. The van der Waals surface area contributed by atoms with Gasteiger partial charge in [0.1, 0.15) is 0 Å². The number of aliphatic imine (C=N–C) groups is 1. The summed E-state index contributed by atoms with van der Waals surface area (Å²) >= 11 is 2.95. The summed E-state index contributed by atoms with van der Waals surface area (Å²) in [5.41, 5.74) is 10.6. The van der Waals surface area contributed by atoms with Crippen molar-refractivity contribution in [1.29, 1.82) is 0 Å². The van der Waals surface area contributed by atoms with E-state index in [2.05, 4.69) is 25.5 Å². The molecule has 0 radical (unpaired) electrons. The molecule has 0 saturated heterocycles. The number of hydrogen-bond donors (Lipinski definition) is 3. The molecule has 0 saturated carbocycles. The van der Waals surface area contributed by atoms with Crippen LogP contribution in [0.25, 0.3) is 0 Å². The van der Waals surface area contributed by atoms with Crippen LogP contribution in [0, 0.1) is 0 Å². The van der Waals surface area contributed by atoms with Crippen molar-refractivity contribution in [1.82, 2.24) is 4.34 Å². The fourth-order valence-corrected chi connectivity index (χ4v) is 0.611. The fourth-order valence-electron chi connectivity index (χ4n) is 0.486. The third-order valence-electron chi connectivity index (χ3n) is 0.991. The van der Waals surface area contributed by atoms with Crippen molar-refractivity contribution in [2.24, 2.45) is 16.5 Å². The molecule has 5 heteroatoms. The molecule has 0 aromatic heterocycles. The van der Waals surface area contributed by atoms with Gasteiger partial charge in [0.25, 0.3) is 0 Å². The highest BCUT2D eigenvalue weighted by atomic mass is 79.9. The second-order valence-corrected chi connectivity index (χ2v) is 2.25. The van der Waals surface area contributed by atoms with Crippen molar-refractivity contribution in [2.45, 2.75) is 12.8 Å². The van der Waals surface area contributed by atoms with E-state index in [1.807, 2.05) is 0 Å². The Hall–Kier alpha value is -0.290. The van der Waals surface area contributed by atoms with Crippen molar-refractivity contribution in [3.63, 3.8) is 0 Å². The normalized spacial score (nSPS) is 11.6. The standard InChI is InChI=1S/C5H13BrN4/c6-10-5(8)9-4-2-1-3-7/h1-4,7H2,(H3,8,9,10). The monoisotopic (exact) mass is 208 g/mol. The number of rotatable bonds is 4. The zero-order valence-electron chi connectivity index (χ0n) is 5.81. The van der Waals surface area contributed by atoms with Gasteiger partial charge in [-0.15, -0.1) is 0 Å². The van der Waals surface area contributed by atoms with E-state index >= 15 is 0 Å². The minimum atomic E-state index is 0.414. The van der Waals surface area contributed by atoms with E-state index in [1.165, 1.54) is 0 Å². The zero-order valence-corrected chi connectivity index (χ0v) is 7.39. The number of nitrogens with two attached hydrogens (primary N) is 2. The molecule has 0 rings (SSSR count). The van der Waals surface area contributed by atoms with Crippen LogP contribution in [0.4, 0.5) is 0 Å². The van der Waals surface area contributed by atoms with E-state index in [4.69, 9.17) is 11.5 Å². The zero-order chi connectivity index (χ0) is 7.82. The number of nitrogens with one attached hydrogen (secondary N) is 1. The van der Waals surface area contributed by atoms with Crippen LogP contribution in [0.15, 0.2) is 4.99 Å². The summed E-state index contributed by atoms with van der Waals surface area (Å²) in [6, 6.07) is 0. The van der Waals surface area contributed by atoms with Gasteiger partial charge in [-0.2, -0.15) is 0 Å². The molecule has 10 heavy (non-hydrogen) atoms. The molecule has 0 aliphatic heterocycles. The Kier molecular flexibility index (Phi) is 6.63. The Balaban J connectivity index is 3.16. The Labute approximate surface area is 69.4 Å². The number of halogens is 1. The first-order valence-electron chi connectivity index (χ1n) is 3.18. The van der Waals surface area contributed by atoms with E-state index in [9.17, 15) is 0 Å². The van der Waals surface area contributed by atoms with Crippen LogP contribution in [-0.2, 0) is 0 Å². The lowest BCUT2D eigenvalue weighted by atomic mass is 10.3. The lowest BCUT2D eigenvalue weighted by molar-refractivity contribution is 0.754. The molecule has 0 atom stereocenters. The van der Waals surface area contributed by atoms with E-state index < -0.39 is 0 Å². The molecule has 0 amide bonds. The summed E-state index contributed by atoms with van der Waals surface area (Å²) in [5, 5.41) is 0. The molecule has 0 aliphatic carbocycles. The Morgan fingerprint density at radius 1 is 1.50 bits per heavy atom. The van der Waals surface area contributed by atoms with Gasteiger partial charge in [-0.3, -0.25) is 9.34 Å². The van der Waals surface area contributed by atoms with Gasteiger partial charge >= 0.3 is 0 Å². The molecule has 0 spiro atoms. The average Bonchev–Trinajstić information content (AvgIpc) is 1.98. The van der Waals surface area contributed by atoms with Crippen LogP contribution >= 0.6 is 16.1 Å². The molecular formula is C5H13BrN4. The van der Waals surface area contributed by atoms with Crippen LogP contribution in [0.1, 0.15) is 12.8 Å². The summed E-state index contributed by atoms with van der Waals surface area (Å²) in [5.74, 6) is 0.414. The van der Waals surface area contributed by atoms with E-state index in [0.717, 1.165) is 25.9 Å². The predicted octanol–water partition coefficient (Wildman–Crippen LogP) is -0.0605. The van der Waals surface area contributed by atoms with E-state index in [0.29, 0.717) is 5.96 Å². The Morgan fingerprint density at radius 2 is 2.20 bits per heavy atom.